The molecule has 1 aromatic carbocycles. The van der Waals surface area contributed by atoms with Crippen LogP contribution in [0.1, 0.15) is 26.2 Å². The summed E-state index contributed by atoms with van der Waals surface area (Å²) < 4.78 is 1.11. The van der Waals surface area contributed by atoms with Gasteiger partial charge in [-0.05, 0) is 37.0 Å². The Morgan fingerprint density at radius 2 is 2.31 bits per heavy atom. The predicted octanol–water partition coefficient (Wildman–Crippen LogP) is 3.66. The van der Waals surface area contributed by atoms with Gasteiger partial charge in [0, 0.05) is 17.6 Å². The molecule has 1 unspecified atom stereocenters. The Bertz CT molecular complexity index is 365. The summed E-state index contributed by atoms with van der Waals surface area (Å²) in [7, 11) is 0. The first-order valence-electron chi connectivity index (χ1n) is 6.00. The molecule has 88 valence electrons. The van der Waals surface area contributed by atoms with Crippen molar-refractivity contribution in [2.45, 2.75) is 26.2 Å². The number of hydrogen-bond acceptors (Lipinski definition) is 2. The van der Waals surface area contributed by atoms with Crippen molar-refractivity contribution in [2.24, 2.45) is 5.92 Å². The van der Waals surface area contributed by atoms with Gasteiger partial charge in [0.15, 0.2) is 0 Å². The van der Waals surface area contributed by atoms with E-state index in [2.05, 4.69) is 33.8 Å². The Morgan fingerprint density at radius 1 is 1.50 bits per heavy atom. The summed E-state index contributed by atoms with van der Waals surface area (Å²) >= 11 is 3.51. The average molecular weight is 283 g/mol. The number of nitrogens with two attached hydrogens (primary N) is 1. The second kappa shape index (κ2) is 5.09. The summed E-state index contributed by atoms with van der Waals surface area (Å²) in [6.45, 7) is 4.56. The van der Waals surface area contributed by atoms with E-state index in [-0.39, 0.29) is 0 Å². The SMILES string of the molecule is CCC1CCCN(c2cc(Br)ccc2N)C1. The van der Waals surface area contributed by atoms with Crippen LogP contribution < -0.4 is 10.6 Å². The monoisotopic (exact) mass is 282 g/mol. The van der Waals surface area contributed by atoms with Gasteiger partial charge >= 0.3 is 0 Å². The van der Waals surface area contributed by atoms with Gasteiger partial charge in [0.25, 0.3) is 0 Å². The Morgan fingerprint density at radius 3 is 3.06 bits per heavy atom. The van der Waals surface area contributed by atoms with E-state index in [1.54, 1.807) is 0 Å². The van der Waals surface area contributed by atoms with Crippen LogP contribution in [0.4, 0.5) is 11.4 Å². The van der Waals surface area contributed by atoms with E-state index in [4.69, 9.17) is 5.73 Å². The highest BCUT2D eigenvalue weighted by Crippen LogP contribution is 2.31. The smallest absolute Gasteiger partial charge is 0.0611 e. The largest absolute Gasteiger partial charge is 0.397 e. The third-order valence-corrected chi connectivity index (χ3v) is 3.92. The summed E-state index contributed by atoms with van der Waals surface area (Å²) in [5.74, 6) is 0.826. The number of benzene rings is 1. The van der Waals surface area contributed by atoms with Crippen molar-refractivity contribution < 1.29 is 0 Å². The fourth-order valence-corrected chi connectivity index (χ4v) is 2.76. The van der Waals surface area contributed by atoms with Crippen LogP contribution in [0.25, 0.3) is 0 Å². The Kier molecular flexibility index (Phi) is 3.74. The molecule has 1 atom stereocenters. The van der Waals surface area contributed by atoms with Crippen LogP contribution in [0, 0.1) is 5.92 Å². The lowest BCUT2D eigenvalue weighted by Crippen LogP contribution is -2.35. The van der Waals surface area contributed by atoms with Crippen molar-refractivity contribution in [3.63, 3.8) is 0 Å². The zero-order valence-corrected chi connectivity index (χ0v) is 11.3. The predicted molar refractivity (Wildman–Crippen MR) is 73.8 cm³/mol. The molecule has 0 spiro atoms. The van der Waals surface area contributed by atoms with Crippen molar-refractivity contribution in [3.8, 4) is 0 Å². The maximum atomic E-state index is 6.04. The van der Waals surface area contributed by atoms with Gasteiger partial charge in [-0.15, -0.1) is 0 Å². The molecule has 0 amide bonds. The number of nitrogens with zero attached hydrogens (tertiary/aromatic N) is 1. The molecule has 1 aliphatic rings. The molecule has 16 heavy (non-hydrogen) atoms. The second-order valence-corrected chi connectivity index (χ2v) is 5.48. The van der Waals surface area contributed by atoms with E-state index in [1.807, 2.05) is 12.1 Å². The Labute approximate surface area is 106 Å². The zero-order valence-electron chi connectivity index (χ0n) is 9.75. The molecule has 1 aliphatic heterocycles. The van der Waals surface area contributed by atoms with Crippen molar-refractivity contribution in [1.29, 1.82) is 0 Å². The highest BCUT2D eigenvalue weighted by molar-refractivity contribution is 9.10. The van der Waals surface area contributed by atoms with Crippen molar-refractivity contribution in [3.05, 3.63) is 22.7 Å². The van der Waals surface area contributed by atoms with Gasteiger partial charge in [-0.2, -0.15) is 0 Å². The van der Waals surface area contributed by atoms with E-state index in [1.165, 1.54) is 24.9 Å². The first-order chi connectivity index (χ1) is 7.70. The minimum atomic E-state index is 0.826. The fourth-order valence-electron chi connectivity index (χ4n) is 2.41. The van der Waals surface area contributed by atoms with Crippen LogP contribution in [-0.2, 0) is 0 Å². The van der Waals surface area contributed by atoms with Crippen LogP contribution in [0.15, 0.2) is 22.7 Å². The average Bonchev–Trinajstić information content (AvgIpc) is 2.32. The van der Waals surface area contributed by atoms with Crippen LogP contribution in [0.5, 0.6) is 0 Å². The lowest BCUT2D eigenvalue weighted by atomic mass is 9.95. The molecule has 0 saturated carbocycles. The lowest BCUT2D eigenvalue weighted by molar-refractivity contribution is 0.405. The fraction of sp³-hybridized carbons (Fsp3) is 0.538. The van der Waals surface area contributed by atoms with Crippen LogP contribution in [0.2, 0.25) is 0 Å². The topological polar surface area (TPSA) is 29.3 Å². The number of nitrogen functional groups attached to an aromatic ring is 1. The first-order valence-corrected chi connectivity index (χ1v) is 6.80. The third kappa shape index (κ3) is 2.51. The van der Waals surface area contributed by atoms with Gasteiger partial charge in [-0.1, -0.05) is 29.3 Å². The summed E-state index contributed by atoms with van der Waals surface area (Å²) in [5, 5.41) is 0. The zero-order chi connectivity index (χ0) is 11.5. The minimum Gasteiger partial charge on any atom is -0.397 e. The maximum Gasteiger partial charge on any atom is 0.0611 e. The molecule has 3 heteroatoms. The van der Waals surface area contributed by atoms with Crippen molar-refractivity contribution >= 4 is 27.3 Å². The highest BCUT2D eigenvalue weighted by Gasteiger charge is 2.20. The highest BCUT2D eigenvalue weighted by atomic mass is 79.9. The van der Waals surface area contributed by atoms with Crippen molar-refractivity contribution in [1.82, 2.24) is 0 Å². The minimum absolute atomic E-state index is 0.826. The van der Waals surface area contributed by atoms with Gasteiger partial charge in [0.1, 0.15) is 0 Å². The lowest BCUT2D eigenvalue weighted by Gasteiger charge is -2.34. The second-order valence-electron chi connectivity index (χ2n) is 4.57. The van der Waals surface area contributed by atoms with E-state index < -0.39 is 0 Å². The molecule has 0 bridgehead atoms. The number of piperidine rings is 1. The summed E-state index contributed by atoms with van der Waals surface area (Å²) in [4.78, 5) is 2.43. The standard InChI is InChI=1S/C13H19BrN2/c1-2-10-4-3-7-16(9-10)13-8-11(14)5-6-12(13)15/h5-6,8,10H,2-4,7,9,15H2,1H3. The molecule has 2 nitrogen and oxygen atoms in total. The number of hydrogen-bond donors (Lipinski definition) is 1. The molecule has 1 aromatic rings. The molecule has 2 rings (SSSR count). The number of anilines is 2. The van der Waals surface area contributed by atoms with Gasteiger partial charge in [0.05, 0.1) is 11.4 Å². The summed E-state index contributed by atoms with van der Waals surface area (Å²) in [6, 6.07) is 6.11. The third-order valence-electron chi connectivity index (χ3n) is 3.43. The van der Waals surface area contributed by atoms with E-state index in [0.29, 0.717) is 0 Å². The summed E-state index contributed by atoms with van der Waals surface area (Å²) in [6.07, 6.45) is 3.91. The maximum absolute atomic E-state index is 6.04. The molecule has 1 heterocycles. The Hall–Kier alpha value is -0.700. The van der Waals surface area contributed by atoms with Crippen molar-refractivity contribution in [2.75, 3.05) is 23.7 Å². The molecule has 1 fully saturated rings. The van der Waals surface area contributed by atoms with Gasteiger partial charge < -0.3 is 10.6 Å². The first kappa shape index (κ1) is 11.8. The molecule has 0 aromatic heterocycles. The van der Waals surface area contributed by atoms with Crippen LogP contribution >= 0.6 is 15.9 Å². The van der Waals surface area contributed by atoms with E-state index >= 15 is 0 Å². The van der Waals surface area contributed by atoms with E-state index in [9.17, 15) is 0 Å². The number of halogens is 1. The molecule has 0 aliphatic carbocycles. The number of rotatable bonds is 2. The van der Waals surface area contributed by atoms with Gasteiger partial charge in [-0.25, -0.2) is 0 Å². The normalized spacial score (nSPS) is 21.1. The van der Waals surface area contributed by atoms with Gasteiger partial charge in [0.2, 0.25) is 0 Å². The molecular weight excluding hydrogens is 264 g/mol. The van der Waals surface area contributed by atoms with Crippen LogP contribution in [-0.4, -0.2) is 13.1 Å². The Balaban J connectivity index is 2.19. The summed E-state index contributed by atoms with van der Waals surface area (Å²) in [5.41, 5.74) is 8.12. The molecule has 1 saturated heterocycles. The van der Waals surface area contributed by atoms with Gasteiger partial charge in [-0.3, -0.25) is 0 Å². The quantitative estimate of drug-likeness (QED) is 0.839. The van der Waals surface area contributed by atoms with E-state index in [0.717, 1.165) is 29.2 Å². The van der Waals surface area contributed by atoms with Crippen LogP contribution in [0.3, 0.4) is 0 Å². The molecule has 2 N–H and O–H groups in total. The molecule has 0 radical (unpaired) electrons. The molecular formula is C13H19BrN2.